The third kappa shape index (κ3) is 3.43. The van der Waals surface area contributed by atoms with Crippen LogP contribution in [0, 0.1) is 0 Å². The van der Waals surface area contributed by atoms with Gasteiger partial charge in [-0.2, -0.15) is 0 Å². The number of para-hydroxylation sites is 1. The van der Waals surface area contributed by atoms with Crippen LogP contribution in [0.5, 0.6) is 0 Å². The van der Waals surface area contributed by atoms with Gasteiger partial charge in [0.2, 0.25) is 0 Å². The minimum Gasteiger partial charge on any atom is -0.381 e. The topological polar surface area (TPSA) is 58.2 Å². The van der Waals surface area contributed by atoms with E-state index in [1.165, 1.54) is 0 Å². The molecule has 1 aliphatic carbocycles. The fraction of sp³-hybridized carbons (Fsp3) is 0.333. The first-order valence-electron chi connectivity index (χ1n) is 8.91. The maximum absolute atomic E-state index is 12.3. The Kier molecular flexibility index (Phi) is 4.04. The molecule has 1 atom stereocenters. The highest BCUT2D eigenvalue weighted by Gasteiger charge is 2.24. The molecule has 2 aromatic rings. The van der Waals surface area contributed by atoms with E-state index < -0.39 is 0 Å². The number of carbonyl (C=O) groups is 2. The highest BCUT2D eigenvalue weighted by atomic mass is 16.1. The van der Waals surface area contributed by atoms with Gasteiger partial charge in [-0.25, -0.2) is 0 Å². The third-order valence-electron chi connectivity index (χ3n) is 4.81. The van der Waals surface area contributed by atoms with E-state index in [9.17, 15) is 9.59 Å². The first kappa shape index (κ1) is 15.9. The molecular formula is C21H22N2O2. The van der Waals surface area contributed by atoms with Crippen molar-refractivity contribution in [2.45, 2.75) is 44.7 Å². The van der Waals surface area contributed by atoms with Crippen LogP contribution in [0.25, 0.3) is 11.1 Å². The van der Waals surface area contributed by atoms with Crippen LogP contribution in [0.4, 0.5) is 5.69 Å². The molecule has 0 aromatic heterocycles. The predicted octanol–water partition coefficient (Wildman–Crippen LogP) is 3.56. The first-order chi connectivity index (χ1) is 12.1. The van der Waals surface area contributed by atoms with Crippen molar-refractivity contribution in [2.24, 2.45) is 0 Å². The monoisotopic (exact) mass is 334 g/mol. The van der Waals surface area contributed by atoms with E-state index in [2.05, 4.69) is 10.6 Å². The SMILES string of the molecule is C[C@@H]1CC(=O)Cc2cccc(-c3cccc(C(=O)NC4CC4)c3)c2N1. The quantitative estimate of drug-likeness (QED) is 0.902. The summed E-state index contributed by atoms with van der Waals surface area (Å²) in [7, 11) is 0. The van der Waals surface area contributed by atoms with Crippen LogP contribution in [0.3, 0.4) is 0 Å². The maximum atomic E-state index is 12.3. The Balaban J connectivity index is 1.71. The Hall–Kier alpha value is -2.62. The Morgan fingerprint density at radius 2 is 1.96 bits per heavy atom. The van der Waals surface area contributed by atoms with Crippen LogP contribution in [-0.2, 0) is 11.2 Å². The molecule has 4 rings (SSSR count). The molecule has 4 nitrogen and oxygen atoms in total. The van der Waals surface area contributed by atoms with E-state index >= 15 is 0 Å². The number of anilines is 1. The van der Waals surface area contributed by atoms with Crippen molar-refractivity contribution < 1.29 is 9.59 Å². The number of hydrogen-bond donors (Lipinski definition) is 2. The molecule has 0 spiro atoms. The molecule has 0 saturated heterocycles. The summed E-state index contributed by atoms with van der Waals surface area (Å²) in [5, 5.41) is 6.52. The zero-order valence-electron chi connectivity index (χ0n) is 14.3. The second kappa shape index (κ2) is 6.36. The molecule has 1 fully saturated rings. The predicted molar refractivity (Wildman–Crippen MR) is 98.8 cm³/mol. The van der Waals surface area contributed by atoms with Gasteiger partial charge in [0.1, 0.15) is 5.78 Å². The van der Waals surface area contributed by atoms with Gasteiger partial charge in [-0.15, -0.1) is 0 Å². The van der Waals surface area contributed by atoms with E-state index in [1.807, 2.05) is 49.4 Å². The Bertz CT molecular complexity index is 840. The average molecular weight is 334 g/mol. The Morgan fingerprint density at radius 1 is 1.16 bits per heavy atom. The zero-order chi connectivity index (χ0) is 17.4. The summed E-state index contributed by atoms with van der Waals surface area (Å²) in [5.41, 5.74) is 4.76. The van der Waals surface area contributed by atoms with Crippen LogP contribution in [-0.4, -0.2) is 23.8 Å². The average Bonchev–Trinajstić information content (AvgIpc) is 3.41. The summed E-state index contributed by atoms with van der Waals surface area (Å²) in [5.74, 6) is 0.247. The summed E-state index contributed by atoms with van der Waals surface area (Å²) in [6.07, 6.45) is 3.15. The minimum atomic E-state index is -0.0112. The van der Waals surface area contributed by atoms with Gasteiger partial charge in [-0.3, -0.25) is 9.59 Å². The molecule has 25 heavy (non-hydrogen) atoms. The first-order valence-corrected chi connectivity index (χ1v) is 8.91. The van der Waals surface area contributed by atoms with Gasteiger partial charge in [0.05, 0.1) is 0 Å². The lowest BCUT2D eigenvalue weighted by Gasteiger charge is -2.17. The van der Waals surface area contributed by atoms with Crippen molar-refractivity contribution in [3.05, 3.63) is 53.6 Å². The molecule has 1 heterocycles. The van der Waals surface area contributed by atoms with Crippen molar-refractivity contribution in [3.8, 4) is 11.1 Å². The van der Waals surface area contributed by atoms with E-state index in [0.29, 0.717) is 24.4 Å². The molecule has 1 amide bonds. The van der Waals surface area contributed by atoms with Crippen molar-refractivity contribution in [1.29, 1.82) is 0 Å². The largest absolute Gasteiger partial charge is 0.381 e. The standard InChI is InChI=1S/C21H22N2O2/c1-13-10-18(24)12-15-5-3-7-19(20(15)22-13)14-4-2-6-16(11-14)21(25)23-17-8-9-17/h2-7,11,13,17,22H,8-10,12H2,1H3,(H,23,25)/t13-/m1/s1. The highest BCUT2D eigenvalue weighted by Crippen LogP contribution is 2.34. The molecule has 2 aliphatic rings. The molecule has 2 N–H and O–H groups in total. The summed E-state index contributed by atoms with van der Waals surface area (Å²) >= 11 is 0. The molecule has 0 bridgehead atoms. The van der Waals surface area contributed by atoms with E-state index in [1.54, 1.807) is 0 Å². The zero-order valence-corrected chi connectivity index (χ0v) is 14.3. The number of benzene rings is 2. The van der Waals surface area contributed by atoms with E-state index in [-0.39, 0.29) is 17.7 Å². The number of rotatable bonds is 3. The number of ketones is 1. The molecule has 128 valence electrons. The number of amides is 1. The lowest BCUT2D eigenvalue weighted by atomic mass is 9.96. The van der Waals surface area contributed by atoms with Crippen LogP contribution >= 0.6 is 0 Å². The molecule has 0 radical (unpaired) electrons. The fourth-order valence-corrected chi connectivity index (χ4v) is 3.41. The van der Waals surface area contributed by atoms with Gasteiger partial charge < -0.3 is 10.6 Å². The second-order valence-corrected chi connectivity index (χ2v) is 7.13. The lowest BCUT2D eigenvalue weighted by molar-refractivity contribution is -0.118. The molecule has 1 aliphatic heterocycles. The van der Waals surface area contributed by atoms with Gasteiger partial charge in [-0.05, 0) is 43.0 Å². The van der Waals surface area contributed by atoms with Gasteiger partial charge in [0.25, 0.3) is 5.91 Å². The van der Waals surface area contributed by atoms with Crippen LogP contribution in [0.15, 0.2) is 42.5 Å². The van der Waals surface area contributed by atoms with Crippen LogP contribution in [0.1, 0.15) is 42.1 Å². The normalized spacial score (nSPS) is 19.6. The Labute approximate surface area is 147 Å². The molecule has 0 unspecified atom stereocenters. The number of fused-ring (bicyclic) bond motifs is 1. The fourth-order valence-electron chi connectivity index (χ4n) is 3.41. The van der Waals surface area contributed by atoms with Crippen molar-refractivity contribution in [2.75, 3.05) is 5.32 Å². The Morgan fingerprint density at radius 3 is 2.76 bits per heavy atom. The maximum Gasteiger partial charge on any atom is 0.251 e. The van der Waals surface area contributed by atoms with Crippen LogP contribution in [0.2, 0.25) is 0 Å². The van der Waals surface area contributed by atoms with E-state index in [0.717, 1.165) is 35.2 Å². The van der Waals surface area contributed by atoms with Gasteiger partial charge in [0.15, 0.2) is 0 Å². The third-order valence-corrected chi connectivity index (χ3v) is 4.81. The van der Waals surface area contributed by atoms with Crippen molar-refractivity contribution in [3.63, 3.8) is 0 Å². The van der Waals surface area contributed by atoms with E-state index in [4.69, 9.17) is 0 Å². The van der Waals surface area contributed by atoms with Crippen molar-refractivity contribution >= 4 is 17.4 Å². The van der Waals surface area contributed by atoms with Gasteiger partial charge >= 0.3 is 0 Å². The minimum absolute atomic E-state index is 0.0112. The second-order valence-electron chi connectivity index (χ2n) is 7.13. The van der Waals surface area contributed by atoms with Gasteiger partial charge in [-0.1, -0.05) is 30.3 Å². The van der Waals surface area contributed by atoms with Crippen LogP contribution < -0.4 is 10.6 Å². The summed E-state index contributed by atoms with van der Waals surface area (Å²) in [6, 6.07) is 14.2. The molecular weight excluding hydrogens is 312 g/mol. The number of nitrogens with one attached hydrogen (secondary N) is 2. The smallest absolute Gasteiger partial charge is 0.251 e. The number of carbonyl (C=O) groups excluding carboxylic acids is 2. The molecule has 2 aromatic carbocycles. The number of Topliss-reactive ketones (excluding diaryl/α,β-unsaturated/α-hetero) is 1. The molecule has 4 heteroatoms. The lowest BCUT2D eigenvalue weighted by Crippen LogP contribution is -2.25. The highest BCUT2D eigenvalue weighted by molar-refractivity contribution is 5.97. The van der Waals surface area contributed by atoms with Crippen molar-refractivity contribution in [1.82, 2.24) is 5.32 Å². The molecule has 1 saturated carbocycles. The summed E-state index contributed by atoms with van der Waals surface area (Å²) in [6.45, 7) is 2.03. The summed E-state index contributed by atoms with van der Waals surface area (Å²) < 4.78 is 0. The van der Waals surface area contributed by atoms with Gasteiger partial charge in [0, 0.05) is 41.7 Å². The number of hydrogen-bond acceptors (Lipinski definition) is 3. The summed E-state index contributed by atoms with van der Waals surface area (Å²) in [4.78, 5) is 24.4.